The third-order valence-electron chi connectivity index (χ3n) is 4.14. The third kappa shape index (κ3) is 3.27. The molecular formula is C17H23N5O. The van der Waals surface area contributed by atoms with Crippen LogP contribution in [0.1, 0.15) is 26.1 Å². The van der Waals surface area contributed by atoms with Gasteiger partial charge in [-0.15, -0.1) is 10.2 Å². The monoisotopic (exact) mass is 313 g/mol. The van der Waals surface area contributed by atoms with Gasteiger partial charge in [-0.2, -0.15) is 0 Å². The van der Waals surface area contributed by atoms with Gasteiger partial charge in [0, 0.05) is 18.7 Å². The minimum atomic E-state index is -0.432. The second-order valence-electron chi connectivity index (χ2n) is 6.45. The van der Waals surface area contributed by atoms with E-state index < -0.39 is 6.04 Å². The highest BCUT2D eigenvalue weighted by Gasteiger charge is 2.28. The zero-order chi connectivity index (χ0) is 16.4. The van der Waals surface area contributed by atoms with E-state index in [0.29, 0.717) is 32.0 Å². The summed E-state index contributed by atoms with van der Waals surface area (Å²) < 4.78 is 2.09. The van der Waals surface area contributed by atoms with Gasteiger partial charge in [0.25, 0.3) is 0 Å². The molecule has 0 spiro atoms. The van der Waals surface area contributed by atoms with Crippen LogP contribution in [0.3, 0.4) is 0 Å². The summed E-state index contributed by atoms with van der Waals surface area (Å²) in [6.45, 7) is 5.98. The first-order valence-corrected chi connectivity index (χ1v) is 8.08. The number of amides is 1. The summed E-state index contributed by atoms with van der Waals surface area (Å²) in [6.07, 6.45) is 0.706. The average molecular weight is 313 g/mol. The molecule has 6 heteroatoms. The van der Waals surface area contributed by atoms with Crippen molar-refractivity contribution in [3.05, 3.63) is 36.2 Å². The van der Waals surface area contributed by atoms with Crippen LogP contribution in [0.5, 0.6) is 0 Å². The van der Waals surface area contributed by atoms with E-state index in [0.717, 1.165) is 17.2 Å². The fourth-order valence-corrected chi connectivity index (χ4v) is 2.99. The first kappa shape index (κ1) is 15.7. The lowest BCUT2D eigenvalue weighted by molar-refractivity contribution is -0.134. The van der Waals surface area contributed by atoms with Crippen molar-refractivity contribution < 1.29 is 4.79 Å². The fourth-order valence-electron chi connectivity index (χ4n) is 2.99. The van der Waals surface area contributed by atoms with E-state index in [-0.39, 0.29) is 5.91 Å². The highest BCUT2D eigenvalue weighted by atomic mass is 16.2. The maximum Gasteiger partial charge on any atom is 0.239 e. The highest BCUT2D eigenvalue weighted by molar-refractivity contribution is 5.81. The molecular weight excluding hydrogens is 290 g/mol. The van der Waals surface area contributed by atoms with Crippen LogP contribution in [-0.2, 0) is 17.9 Å². The van der Waals surface area contributed by atoms with Crippen molar-refractivity contribution in [1.82, 2.24) is 19.7 Å². The van der Waals surface area contributed by atoms with E-state index in [2.05, 4.69) is 28.6 Å². The SMILES string of the molecule is CC(C)C[C@H](N)C(=O)N1CCn2c(nnc2-c2ccccc2)C1. The highest BCUT2D eigenvalue weighted by Crippen LogP contribution is 2.22. The molecule has 6 nitrogen and oxygen atoms in total. The Morgan fingerprint density at radius 2 is 1.96 bits per heavy atom. The Kier molecular flexibility index (Phi) is 4.43. The number of nitrogens with zero attached hydrogens (tertiary/aromatic N) is 4. The zero-order valence-corrected chi connectivity index (χ0v) is 13.6. The molecule has 23 heavy (non-hydrogen) atoms. The lowest BCUT2D eigenvalue weighted by atomic mass is 10.0. The molecule has 0 radical (unpaired) electrons. The Labute approximate surface area is 136 Å². The van der Waals surface area contributed by atoms with Crippen molar-refractivity contribution in [2.75, 3.05) is 6.54 Å². The van der Waals surface area contributed by atoms with Gasteiger partial charge < -0.3 is 15.2 Å². The van der Waals surface area contributed by atoms with Crippen LogP contribution in [0.4, 0.5) is 0 Å². The van der Waals surface area contributed by atoms with Crippen LogP contribution in [-0.4, -0.2) is 38.2 Å². The number of hydrogen-bond donors (Lipinski definition) is 1. The normalized spacial score (nSPS) is 15.6. The summed E-state index contributed by atoms with van der Waals surface area (Å²) in [5, 5.41) is 8.56. The molecule has 1 aliphatic heterocycles. The summed E-state index contributed by atoms with van der Waals surface area (Å²) in [5.41, 5.74) is 7.08. The van der Waals surface area contributed by atoms with E-state index in [1.54, 1.807) is 4.90 Å². The molecule has 3 rings (SSSR count). The maximum absolute atomic E-state index is 12.5. The van der Waals surface area contributed by atoms with Crippen molar-refractivity contribution >= 4 is 5.91 Å². The molecule has 1 atom stereocenters. The standard InChI is InChI=1S/C17H23N5O/c1-12(2)10-14(18)17(23)21-8-9-22-15(11-21)19-20-16(22)13-6-4-3-5-7-13/h3-7,12,14H,8-11,18H2,1-2H3/t14-/m0/s1. The van der Waals surface area contributed by atoms with Gasteiger partial charge in [-0.25, -0.2) is 0 Å². The summed E-state index contributed by atoms with van der Waals surface area (Å²) in [4.78, 5) is 14.3. The van der Waals surface area contributed by atoms with E-state index in [1.807, 2.05) is 30.3 Å². The van der Waals surface area contributed by atoms with Gasteiger partial charge >= 0.3 is 0 Å². The van der Waals surface area contributed by atoms with Crippen molar-refractivity contribution in [3.8, 4) is 11.4 Å². The van der Waals surface area contributed by atoms with Crippen LogP contribution in [0.2, 0.25) is 0 Å². The zero-order valence-electron chi connectivity index (χ0n) is 13.6. The van der Waals surface area contributed by atoms with Crippen molar-refractivity contribution in [1.29, 1.82) is 0 Å². The molecule has 0 bridgehead atoms. The van der Waals surface area contributed by atoms with Crippen LogP contribution in [0.15, 0.2) is 30.3 Å². The minimum absolute atomic E-state index is 0.00853. The summed E-state index contributed by atoms with van der Waals surface area (Å²) in [6, 6.07) is 9.56. The maximum atomic E-state index is 12.5. The number of hydrogen-bond acceptors (Lipinski definition) is 4. The third-order valence-corrected chi connectivity index (χ3v) is 4.14. The van der Waals surface area contributed by atoms with Gasteiger partial charge in [-0.1, -0.05) is 44.2 Å². The molecule has 0 unspecified atom stereocenters. The lowest BCUT2D eigenvalue weighted by Crippen LogP contribution is -2.47. The van der Waals surface area contributed by atoms with Crippen LogP contribution < -0.4 is 5.73 Å². The molecule has 0 aliphatic carbocycles. The minimum Gasteiger partial charge on any atom is -0.332 e. The Morgan fingerprint density at radius 3 is 2.65 bits per heavy atom. The number of aromatic nitrogens is 3. The molecule has 0 saturated heterocycles. The second kappa shape index (κ2) is 6.50. The van der Waals surface area contributed by atoms with Gasteiger partial charge in [0.05, 0.1) is 12.6 Å². The number of nitrogens with two attached hydrogens (primary N) is 1. The van der Waals surface area contributed by atoms with Gasteiger partial charge in [-0.05, 0) is 12.3 Å². The predicted molar refractivity (Wildman–Crippen MR) is 88.3 cm³/mol. The van der Waals surface area contributed by atoms with E-state index in [4.69, 9.17) is 5.73 Å². The molecule has 0 saturated carbocycles. The summed E-state index contributed by atoms with van der Waals surface area (Å²) in [7, 11) is 0. The Hall–Kier alpha value is -2.21. The number of benzene rings is 1. The van der Waals surface area contributed by atoms with Gasteiger partial charge in [-0.3, -0.25) is 4.79 Å². The van der Waals surface area contributed by atoms with Crippen molar-refractivity contribution in [2.24, 2.45) is 11.7 Å². The van der Waals surface area contributed by atoms with Crippen LogP contribution >= 0.6 is 0 Å². The number of rotatable bonds is 4. The molecule has 1 aromatic carbocycles. The second-order valence-corrected chi connectivity index (χ2v) is 6.45. The quantitative estimate of drug-likeness (QED) is 0.931. The predicted octanol–water partition coefficient (Wildman–Crippen LogP) is 1.66. The van der Waals surface area contributed by atoms with Gasteiger partial charge in [0.1, 0.15) is 0 Å². The van der Waals surface area contributed by atoms with E-state index in [1.165, 1.54) is 0 Å². The lowest BCUT2D eigenvalue weighted by Gasteiger charge is -2.30. The smallest absolute Gasteiger partial charge is 0.239 e. The van der Waals surface area contributed by atoms with Crippen molar-refractivity contribution in [2.45, 2.75) is 39.4 Å². The molecule has 1 amide bonds. The van der Waals surface area contributed by atoms with Crippen molar-refractivity contribution in [3.63, 3.8) is 0 Å². The Morgan fingerprint density at radius 1 is 1.22 bits per heavy atom. The molecule has 1 aromatic heterocycles. The molecule has 2 N–H and O–H groups in total. The van der Waals surface area contributed by atoms with E-state index in [9.17, 15) is 4.79 Å². The largest absolute Gasteiger partial charge is 0.332 e. The van der Waals surface area contributed by atoms with Gasteiger partial charge in [0.2, 0.25) is 5.91 Å². The Balaban J connectivity index is 1.75. The number of fused-ring (bicyclic) bond motifs is 1. The summed E-state index contributed by atoms with van der Waals surface area (Å²) >= 11 is 0. The number of carbonyl (C=O) groups is 1. The van der Waals surface area contributed by atoms with Crippen LogP contribution in [0.25, 0.3) is 11.4 Å². The number of carbonyl (C=O) groups excluding carboxylic acids is 1. The first-order valence-electron chi connectivity index (χ1n) is 8.08. The van der Waals surface area contributed by atoms with E-state index >= 15 is 0 Å². The fraction of sp³-hybridized carbons (Fsp3) is 0.471. The first-order chi connectivity index (χ1) is 11.1. The summed E-state index contributed by atoms with van der Waals surface area (Å²) in [5.74, 6) is 2.10. The molecule has 0 fully saturated rings. The molecule has 2 aromatic rings. The van der Waals surface area contributed by atoms with Gasteiger partial charge in [0.15, 0.2) is 11.6 Å². The van der Waals surface area contributed by atoms with Crippen LogP contribution in [0, 0.1) is 5.92 Å². The topological polar surface area (TPSA) is 77.0 Å². The average Bonchev–Trinajstić information content (AvgIpc) is 2.97. The molecule has 122 valence electrons. The molecule has 2 heterocycles. The molecule has 1 aliphatic rings. The Bertz CT molecular complexity index is 680.